The molecule has 1 aliphatic rings. The monoisotopic (exact) mass is 282 g/mol. The fourth-order valence-electron chi connectivity index (χ4n) is 2.28. The van der Waals surface area contributed by atoms with Crippen molar-refractivity contribution in [3.63, 3.8) is 0 Å². The number of nitrogens with zero attached hydrogens (tertiary/aromatic N) is 2. The first-order valence-corrected chi connectivity index (χ1v) is 7.16. The van der Waals surface area contributed by atoms with Crippen LogP contribution in [0.1, 0.15) is 32.3 Å². The van der Waals surface area contributed by atoms with E-state index in [1.807, 2.05) is 12.1 Å². The standard InChI is InChI=1S/C14H19ClN2O2/c1-10(2)9-16(12-3-4-12)13-5-6-14(17(18)19)11(7-13)8-15/h5-7,10,12H,3-4,8-9H2,1-2H3. The molecule has 1 saturated carbocycles. The summed E-state index contributed by atoms with van der Waals surface area (Å²) in [6, 6.07) is 5.87. The number of benzene rings is 1. The average molecular weight is 283 g/mol. The summed E-state index contributed by atoms with van der Waals surface area (Å²) in [4.78, 5) is 12.9. The minimum atomic E-state index is -0.370. The second-order valence-corrected chi connectivity index (χ2v) is 5.75. The fourth-order valence-corrected chi connectivity index (χ4v) is 2.49. The third kappa shape index (κ3) is 3.38. The third-order valence-electron chi connectivity index (χ3n) is 3.28. The van der Waals surface area contributed by atoms with E-state index in [1.54, 1.807) is 6.07 Å². The second kappa shape index (κ2) is 5.78. The molecule has 0 amide bonds. The first-order chi connectivity index (χ1) is 9.02. The molecule has 2 rings (SSSR count). The Labute approximate surface area is 118 Å². The van der Waals surface area contributed by atoms with Gasteiger partial charge in [0, 0.05) is 29.9 Å². The molecule has 0 aromatic heterocycles. The molecule has 0 bridgehead atoms. The van der Waals surface area contributed by atoms with Crippen molar-refractivity contribution >= 4 is 23.0 Å². The molecule has 1 aromatic carbocycles. The molecule has 4 nitrogen and oxygen atoms in total. The van der Waals surface area contributed by atoms with E-state index in [9.17, 15) is 10.1 Å². The molecule has 1 fully saturated rings. The van der Waals surface area contributed by atoms with Crippen LogP contribution in [0.5, 0.6) is 0 Å². The van der Waals surface area contributed by atoms with Crippen molar-refractivity contribution in [1.29, 1.82) is 0 Å². The van der Waals surface area contributed by atoms with Crippen LogP contribution in [0, 0.1) is 16.0 Å². The molecule has 1 aromatic rings. The number of halogens is 1. The molecule has 0 spiro atoms. The van der Waals surface area contributed by atoms with Crippen molar-refractivity contribution in [2.24, 2.45) is 5.92 Å². The molecule has 0 heterocycles. The largest absolute Gasteiger partial charge is 0.368 e. The van der Waals surface area contributed by atoms with Gasteiger partial charge >= 0.3 is 0 Å². The molecule has 1 aliphatic carbocycles. The second-order valence-electron chi connectivity index (χ2n) is 5.48. The first-order valence-electron chi connectivity index (χ1n) is 6.63. The van der Waals surface area contributed by atoms with Crippen molar-refractivity contribution in [2.75, 3.05) is 11.4 Å². The summed E-state index contributed by atoms with van der Waals surface area (Å²) < 4.78 is 0. The summed E-state index contributed by atoms with van der Waals surface area (Å²) in [5.74, 6) is 0.736. The lowest BCUT2D eigenvalue weighted by Gasteiger charge is -2.27. The molecule has 0 saturated heterocycles. The summed E-state index contributed by atoms with van der Waals surface area (Å²) in [5.41, 5.74) is 1.76. The van der Waals surface area contributed by atoms with Gasteiger partial charge < -0.3 is 4.90 Å². The molecule has 0 radical (unpaired) electrons. The van der Waals surface area contributed by atoms with Gasteiger partial charge in [-0.3, -0.25) is 10.1 Å². The van der Waals surface area contributed by atoms with Crippen LogP contribution in [0.3, 0.4) is 0 Å². The third-order valence-corrected chi connectivity index (χ3v) is 3.57. The summed E-state index contributed by atoms with van der Waals surface area (Å²) in [7, 11) is 0. The Hall–Kier alpha value is -1.29. The lowest BCUT2D eigenvalue weighted by molar-refractivity contribution is -0.385. The lowest BCUT2D eigenvalue weighted by Crippen LogP contribution is -2.29. The minimum absolute atomic E-state index is 0.110. The Balaban J connectivity index is 2.30. The van der Waals surface area contributed by atoms with Crippen LogP contribution in [0.15, 0.2) is 18.2 Å². The van der Waals surface area contributed by atoms with Crippen molar-refractivity contribution in [2.45, 2.75) is 38.6 Å². The van der Waals surface area contributed by atoms with Crippen LogP contribution >= 0.6 is 11.6 Å². The van der Waals surface area contributed by atoms with Crippen LogP contribution < -0.4 is 4.90 Å². The van der Waals surface area contributed by atoms with Gasteiger partial charge in [-0.15, -0.1) is 11.6 Å². The zero-order valence-corrected chi connectivity index (χ0v) is 12.1. The number of alkyl halides is 1. The topological polar surface area (TPSA) is 46.4 Å². The van der Waals surface area contributed by atoms with Gasteiger partial charge in [-0.05, 0) is 30.9 Å². The van der Waals surface area contributed by atoms with Crippen molar-refractivity contribution in [3.05, 3.63) is 33.9 Å². The van der Waals surface area contributed by atoms with Crippen LogP contribution in [0.25, 0.3) is 0 Å². The van der Waals surface area contributed by atoms with E-state index in [0.717, 1.165) is 12.2 Å². The molecule has 5 heteroatoms. The van der Waals surface area contributed by atoms with E-state index < -0.39 is 0 Å². The Morgan fingerprint density at radius 3 is 2.63 bits per heavy atom. The molecular formula is C14H19ClN2O2. The molecule has 0 aliphatic heterocycles. The normalized spacial score (nSPS) is 14.7. The van der Waals surface area contributed by atoms with Gasteiger partial charge in [0.1, 0.15) is 0 Å². The van der Waals surface area contributed by atoms with Gasteiger partial charge in [-0.25, -0.2) is 0 Å². The highest BCUT2D eigenvalue weighted by atomic mass is 35.5. The maximum Gasteiger partial charge on any atom is 0.273 e. The number of anilines is 1. The van der Waals surface area contributed by atoms with E-state index in [-0.39, 0.29) is 16.5 Å². The summed E-state index contributed by atoms with van der Waals surface area (Å²) in [5, 5.41) is 10.9. The Morgan fingerprint density at radius 2 is 2.16 bits per heavy atom. The molecule has 104 valence electrons. The summed E-state index contributed by atoms with van der Waals surface area (Å²) in [6.45, 7) is 5.34. The Bertz CT molecular complexity index is 473. The van der Waals surface area contributed by atoms with Gasteiger partial charge in [-0.2, -0.15) is 0 Å². The smallest absolute Gasteiger partial charge is 0.273 e. The minimum Gasteiger partial charge on any atom is -0.368 e. The molecule has 0 unspecified atom stereocenters. The Kier molecular flexibility index (Phi) is 4.30. The molecule has 19 heavy (non-hydrogen) atoms. The molecule has 0 N–H and O–H groups in total. The quantitative estimate of drug-likeness (QED) is 0.451. The van der Waals surface area contributed by atoms with Crippen molar-refractivity contribution in [1.82, 2.24) is 0 Å². The Morgan fingerprint density at radius 1 is 1.47 bits per heavy atom. The maximum absolute atomic E-state index is 10.9. The van der Waals surface area contributed by atoms with E-state index in [0.29, 0.717) is 17.5 Å². The van der Waals surface area contributed by atoms with Gasteiger partial charge in [-0.1, -0.05) is 13.8 Å². The van der Waals surface area contributed by atoms with Crippen molar-refractivity contribution in [3.8, 4) is 0 Å². The van der Waals surface area contributed by atoms with Crippen LogP contribution in [-0.4, -0.2) is 17.5 Å². The van der Waals surface area contributed by atoms with Crippen LogP contribution in [-0.2, 0) is 5.88 Å². The van der Waals surface area contributed by atoms with Crippen molar-refractivity contribution < 1.29 is 4.92 Å². The number of hydrogen-bond donors (Lipinski definition) is 0. The van der Waals surface area contributed by atoms with Crippen LogP contribution in [0.2, 0.25) is 0 Å². The van der Waals surface area contributed by atoms with E-state index in [1.165, 1.54) is 12.8 Å². The van der Waals surface area contributed by atoms with Gasteiger partial charge in [0.2, 0.25) is 0 Å². The molecular weight excluding hydrogens is 264 g/mol. The SMILES string of the molecule is CC(C)CN(c1ccc([N+](=O)[O-])c(CCl)c1)C1CC1. The van der Waals surface area contributed by atoms with Gasteiger partial charge in [0.15, 0.2) is 0 Å². The predicted molar refractivity (Wildman–Crippen MR) is 77.9 cm³/mol. The predicted octanol–water partition coefficient (Wildman–Crippen LogP) is 3.96. The highest BCUT2D eigenvalue weighted by molar-refractivity contribution is 6.17. The highest BCUT2D eigenvalue weighted by Crippen LogP contribution is 2.34. The van der Waals surface area contributed by atoms with Crippen LogP contribution in [0.4, 0.5) is 11.4 Å². The number of nitro groups is 1. The number of rotatable bonds is 6. The number of nitro benzene ring substituents is 1. The first kappa shape index (κ1) is 14.1. The van der Waals surface area contributed by atoms with E-state index >= 15 is 0 Å². The highest BCUT2D eigenvalue weighted by Gasteiger charge is 2.30. The number of hydrogen-bond acceptors (Lipinski definition) is 3. The van der Waals surface area contributed by atoms with Gasteiger partial charge in [0.25, 0.3) is 5.69 Å². The van der Waals surface area contributed by atoms with E-state index in [2.05, 4.69) is 18.7 Å². The lowest BCUT2D eigenvalue weighted by atomic mass is 10.1. The summed E-state index contributed by atoms with van der Waals surface area (Å²) >= 11 is 5.83. The maximum atomic E-state index is 10.9. The fraction of sp³-hybridized carbons (Fsp3) is 0.571. The molecule has 0 atom stereocenters. The van der Waals surface area contributed by atoms with Gasteiger partial charge in [0.05, 0.1) is 10.8 Å². The summed E-state index contributed by atoms with van der Waals surface area (Å²) in [6.07, 6.45) is 2.42. The van der Waals surface area contributed by atoms with E-state index in [4.69, 9.17) is 11.6 Å². The zero-order chi connectivity index (χ0) is 14.0. The zero-order valence-electron chi connectivity index (χ0n) is 11.3. The average Bonchev–Trinajstić information content (AvgIpc) is 3.19.